The molecule has 234 valence electrons. The SMILES string of the molecule is CCCCCCCCCCCCCCCCCCC(C)(O)C[N+](C)(C)CCCCCCCCCCCC(=O)[O-]. The van der Waals surface area contributed by atoms with E-state index in [9.17, 15) is 15.0 Å². The molecule has 1 atom stereocenters. The van der Waals surface area contributed by atoms with Gasteiger partial charge in [-0.05, 0) is 39.0 Å². The third-order valence-electron chi connectivity index (χ3n) is 8.48. The van der Waals surface area contributed by atoms with E-state index in [1.54, 1.807) is 0 Å². The number of unbranched alkanes of at least 4 members (excludes halogenated alkanes) is 23. The maximum atomic E-state index is 11.0. The van der Waals surface area contributed by atoms with Crippen LogP contribution < -0.4 is 5.11 Å². The molecular weight excluding hydrogens is 482 g/mol. The molecule has 4 heteroatoms. The van der Waals surface area contributed by atoms with Crippen molar-refractivity contribution in [1.82, 2.24) is 0 Å². The normalized spacial score (nSPS) is 13.6. The Morgan fingerprint density at radius 3 is 1.31 bits per heavy atom. The van der Waals surface area contributed by atoms with E-state index in [-0.39, 0.29) is 6.42 Å². The van der Waals surface area contributed by atoms with Crippen molar-refractivity contribution < 1.29 is 19.5 Å². The van der Waals surface area contributed by atoms with Gasteiger partial charge in [-0.2, -0.15) is 0 Å². The van der Waals surface area contributed by atoms with Crippen LogP contribution in [0.1, 0.15) is 187 Å². The standard InChI is InChI=1S/C35H71NO3/c1-5-6-7-8-9-10-11-12-13-14-15-16-19-22-25-28-31-35(2,39)33-36(3,4)32-29-26-23-20-17-18-21-24-27-30-34(37)38/h39H,5-33H2,1-4H3. The predicted octanol–water partition coefficient (Wildman–Crippen LogP) is 9.12. The van der Waals surface area contributed by atoms with E-state index >= 15 is 0 Å². The van der Waals surface area contributed by atoms with Crippen molar-refractivity contribution in [2.75, 3.05) is 27.2 Å². The van der Waals surface area contributed by atoms with E-state index < -0.39 is 11.6 Å². The van der Waals surface area contributed by atoms with Gasteiger partial charge in [0.2, 0.25) is 0 Å². The second-order valence-corrected chi connectivity index (χ2v) is 13.7. The number of quaternary nitrogens is 1. The number of carbonyl (C=O) groups excluding carboxylic acids is 1. The van der Waals surface area contributed by atoms with Gasteiger partial charge in [0.25, 0.3) is 0 Å². The van der Waals surface area contributed by atoms with Crippen molar-refractivity contribution in [1.29, 1.82) is 0 Å². The van der Waals surface area contributed by atoms with Crippen LogP contribution in [0.4, 0.5) is 0 Å². The number of rotatable bonds is 31. The molecule has 39 heavy (non-hydrogen) atoms. The summed E-state index contributed by atoms with van der Waals surface area (Å²) in [6.07, 6.45) is 33.8. The van der Waals surface area contributed by atoms with E-state index in [0.717, 1.165) is 49.7 Å². The zero-order chi connectivity index (χ0) is 29.1. The van der Waals surface area contributed by atoms with Crippen molar-refractivity contribution >= 4 is 5.97 Å². The molecule has 0 aromatic rings. The third kappa shape index (κ3) is 30.2. The molecule has 0 rings (SSSR count). The second kappa shape index (κ2) is 26.3. The van der Waals surface area contributed by atoms with Crippen LogP contribution in [-0.2, 0) is 4.79 Å². The van der Waals surface area contributed by atoms with Gasteiger partial charge in [-0.15, -0.1) is 0 Å². The van der Waals surface area contributed by atoms with Gasteiger partial charge in [0.05, 0.1) is 20.6 Å². The number of aliphatic carboxylic acids is 1. The van der Waals surface area contributed by atoms with E-state index in [2.05, 4.69) is 21.0 Å². The smallest absolute Gasteiger partial charge is 0.111 e. The number of hydrogen-bond acceptors (Lipinski definition) is 3. The molecule has 0 bridgehead atoms. The number of carboxylic acid groups (broad SMARTS) is 1. The predicted molar refractivity (Wildman–Crippen MR) is 168 cm³/mol. The molecule has 0 aromatic carbocycles. The maximum Gasteiger partial charge on any atom is 0.111 e. The Morgan fingerprint density at radius 2 is 0.923 bits per heavy atom. The number of carboxylic acids is 1. The molecule has 0 aliphatic heterocycles. The summed E-state index contributed by atoms with van der Waals surface area (Å²) >= 11 is 0. The van der Waals surface area contributed by atoms with Crippen LogP contribution in [0.5, 0.6) is 0 Å². The molecule has 0 fully saturated rings. The zero-order valence-electron chi connectivity index (χ0n) is 27.2. The van der Waals surface area contributed by atoms with Gasteiger partial charge in [0.1, 0.15) is 12.1 Å². The number of aliphatic hydroxyl groups is 1. The molecule has 0 saturated carbocycles. The first-order chi connectivity index (χ1) is 18.7. The highest BCUT2D eigenvalue weighted by Gasteiger charge is 2.29. The maximum absolute atomic E-state index is 11.0. The summed E-state index contributed by atoms with van der Waals surface area (Å²) in [6, 6.07) is 0. The van der Waals surface area contributed by atoms with Crippen molar-refractivity contribution in [3.63, 3.8) is 0 Å². The summed E-state index contributed by atoms with van der Waals surface area (Å²) in [7, 11) is 4.55. The van der Waals surface area contributed by atoms with Gasteiger partial charge >= 0.3 is 0 Å². The quantitative estimate of drug-likeness (QED) is 0.0688. The van der Waals surface area contributed by atoms with Crippen LogP contribution in [0.3, 0.4) is 0 Å². The molecule has 0 aliphatic rings. The van der Waals surface area contributed by atoms with Crippen LogP contribution in [0.15, 0.2) is 0 Å². The van der Waals surface area contributed by atoms with Crippen molar-refractivity contribution in [3.05, 3.63) is 0 Å². The Hall–Kier alpha value is -0.610. The van der Waals surface area contributed by atoms with Crippen LogP contribution in [0, 0.1) is 0 Å². The van der Waals surface area contributed by atoms with Gasteiger partial charge in [0, 0.05) is 5.97 Å². The van der Waals surface area contributed by atoms with E-state index in [4.69, 9.17) is 0 Å². The molecule has 1 unspecified atom stereocenters. The summed E-state index contributed by atoms with van der Waals surface area (Å²) < 4.78 is 0.907. The number of hydrogen-bond donors (Lipinski definition) is 1. The number of carbonyl (C=O) groups is 1. The highest BCUT2D eigenvalue weighted by molar-refractivity contribution is 5.64. The van der Waals surface area contributed by atoms with Crippen LogP contribution in [0.2, 0.25) is 0 Å². The molecule has 4 nitrogen and oxygen atoms in total. The average molecular weight is 554 g/mol. The second-order valence-electron chi connectivity index (χ2n) is 13.7. The van der Waals surface area contributed by atoms with E-state index in [0.29, 0.717) is 0 Å². The minimum Gasteiger partial charge on any atom is -0.550 e. The van der Waals surface area contributed by atoms with Gasteiger partial charge in [-0.1, -0.05) is 148 Å². The Labute approximate surface area is 245 Å². The van der Waals surface area contributed by atoms with Crippen molar-refractivity contribution in [2.24, 2.45) is 0 Å². The molecule has 1 N–H and O–H groups in total. The first-order valence-corrected chi connectivity index (χ1v) is 17.4. The lowest BCUT2D eigenvalue weighted by atomic mass is 9.96. The van der Waals surface area contributed by atoms with Crippen molar-refractivity contribution in [3.8, 4) is 0 Å². The molecule has 0 radical (unpaired) electrons. The molecule has 0 amide bonds. The topological polar surface area (TPSA) is 60.4 Å². The molecule has 0 aliphatic carbocycles. The summed E-state index contributed by atoms with van der Waals surface area (Å²) in [5.41, 5.74) is -0.559. The highest BCUT2D eigenvalue weighted by Crippen LogP contribution is 2.21. The fraction of sp³-hybridized carbons (Fsp3) is 0.971. The summed E-state index contributed by atoms with van der Waals surface area (Å²) in [5.74, 6) is -0.918. The van der Waals surface area contributed by atoms with Gasteiger partial charge < -0.3 is 19.5 Å². The minimum atomic E-state index is -0.918. The van der Waals surface area contributed by atoms with Gasteiger partial charge in [-0.25, -0.2) is 0 Å². The number of nitrogens with zero attached hydrogens (tertiary/aromatic N) is 1. The largest absolute Gasteiger partial charge is 0.550 e. The Bertz CT molecular complexity index is 532. The Kier molecular flexibility index (Phi) is 25.9. The molecule has 0 spiro atoms. The first-order valence-electron chi connectivity index (χ1n) is 17.4. The fourth-order valence-electron chi connectivity index (χ4n) is 6.18. The number of likely N-dealkylation sites (N-methyl/N-ethyl adjacent to an activating group) is 1. The van der Waals surface area contributed by atoms with Crippen LogP contribution in [-0.4, -0.2) is 48.3 Å². The zero-order valence-corrected chi connectivity index (χ0v) is 27.2. The van der Waals surface area contributed by atoms with Gasteiger partial charge in [0.15, 0.2) is 0 Å². The Balaban J connectivity index is 3.56. The lowest BCUT2D eigenvalue weighted by molar-refractivity contribution is -0.896. The lowest BCUT2D eigenvalue weighted by Crippen LogP contribution is -2.50. The van der Waals surface area contributed by atoms with E-state index in [1.165, 1.54) is 135 Å². The summed E-state index contributed by atoms with van der Waals surface area (Å²) in [4.78, 5) is 10.4. The third-order valence-corrected chi connectivity index (χ3v) is 8.48. The lowest BCUT2D eigenvalue weighted by Gasteiger charge is -2.36. The average Bonchev–Trinajstić information content (AvgIpc) is 2.86. The molecule has 0 heterocycles. The Morgan fingerprint density at radius 1 is 0.590 bits per heavy atom. The summed E-state index contributed by atoms with van der Waals surface area (Å²) in [6.45, 7) is 6.32. The highest BCUT2D eigenvalue weighted by atomic mass is 16.4. The summed E-state index contributed by atoms with van der Waals surface area (Å²) in [5, 5.41) is 21.4. The van der Waals surface area contributed by atoms with E-state index in [1.807, 2.05) is 6.92 Å². The molecular formula is C35H71NO3. The van der Waals surface area contributed by atoms with Crippen molar-refractivity contribution in [2.45, 2.75) is 193 Å². The molecule has 0 saturated heterocycles. The van der Waals surface area contributed by atoms with Crippen LogP contribution >= 0.6 is 0 Å². The fourth-order valence-corrected chi connectivity index (χ4v) is 6.18. The van der Waals surface area contributed by atoms with Crippen LogP contribution in [0.25, 0.3) is 0 Å². The minimum absolute atomic E-state index is 0.209. The monoisotopic (exact) mass is 554 g/mol. The first kappa shape index (κ1) is 38.4. The molecule has 0 aromatic heterocycles. The van der Waals surface area contributed by atoms with Gasteiger partial charge in [-0.3, -0.25) is 0 Å².